The molecule has 0 aromatic heterocycles. The second-order valence-corrected chi connectivity index (χ2v) is 7.56. The van der Waals surface area contributed by atoms with Crippen LogP contribution in [0.2, 0.25) is 0 Å². The number of likely N-dealkylation sites (tertiary alicyclic amines) is 1. The molecular weight excluding hydrogens is 340 g/mol. The number of amides is 2. The van der Waals surface area contributed by atoms with Crippen LogP contribution < -0.4 is 14.8 Å². The summed E-state index contributed by atoms with van der Waals surface area (Å²) in [5.41, 5.74) is 2.44. The first-order valence-corrected chi connectivity index (χ1v) is 9.81. The van der Waals surface area contributed by atoms with Crippen LogP contribution in [0.5, 0.6) is 11.5 Å². The molecule has 0 radical (unpaired) electrons. The van der Waals surface area contributed by atoms with Crippen molar-refractivity contribution in [3.63, 3.8) is 0 Å². The molecule has 27 heavy (non-hydrogen) atoms. The third kappa shape index (κ3) is 3.22. The number of nitrogens with zero attached hydrogens (tertiary/aromatic N) is 1. The average Bonchev–Trinajstić information content (AvgIpc) is 3.30. The Morgan fingerprint density at radius 1 is 1.00 bits per heavy atom. The van der Waals surface area contributed by atoms with Gasteiger partial charge >= 0.3 is 6.03 Å². The Hall–Kier alpha value is -2.69. The number of ether oxygens (including phenoxy) is 2. The van der Waals surface area contributed by atoms with Crippen LogP contribution in [-0.4, -0.2) is 36.7 Å². The summed E-state index contributed by atoms with van der Waals surface area (Å²) in [5.74, 6) is 2.03. The molecule has 2 fully saturated rings. The van der Waals surface area contributed by atoms with Crippen LogP contribution >= 0.6 is 0 Å². The van der Waals surface area contributed by atoms with Crippen molar-refractivity contribution in [2.45, 2.75) is 37.3 Å². The summed E-state index contributed by atoms with van der Waals surface area (Å²) in [6, 6.07) is 16.9. The van der Waals surface area contributed by atoms with Gasteiger partial charge in [0, 0.05) is 18.5 Å². The molecule has 1 N–H and O–H groups in total. The number of urea groups is 1. The lowest BCUT2D eigenvalue weighted by Crippen LogP contribution is -2.40. The molecule has 140 valence electrons. The predicted molar refractivity (Wildman–Crippen MR) is 102 cm³/mol. The van der Waals surface area contributed by atoms with Gasteiger partial charge in [0.15, 0.2) is 11.5 Å². The van der Waals surface area contributed by atoms with Gasteiger partial charge in [0.25, 0.3) is 0 Å². The third-order valence-electron chi connectivity index (χ3n) is 5.79. The first kappa shape index (κ1) is 16.5. The fourth-order valence-electron chi connectivity index (χ4n) is 4.29. The van der Waals surface area contributed by atoms with E-state index in [-0.39, 0.29) is 18.1 Å². The monoisotopic (exact) mass is 364 g/mol. The van der Waals surface area contributed by atoms with E-state index in [2.05, 4.69) is 35.6 Å². The molecule has 5 heteroatoms. The lowest BCUT2D eigenvalue weighted by Gasteiger charge is -2.27. The summed E-state index contributed by atoms with van der Waals surface area (Å²) < 4.78 is 11.3. The van der Waals surface area contributed by atoms with Crippen molar-refractivity contribution >= 4 is 6.03 Å². The Balaban J connectivity index is 1.27. The molecule has 1 saturated carbocycles. The smallest absolute Gasteiger partial charge is 0.318 e. The Kier molecular flexibility index (Phi) is 4.15. The van der Waals surface area contributed by atoms with Crippen molar-refractivity contribution in [1.82, 2.24) is 10.2 Å². The van der Waals surface area contributed by atoms with Crippen LogP contribution in [0, 0.1) is 0 Å². The van der Waals surface area contributed by atoms with Gasteiger partial charge in [-0.05, 0) is 42.5 Å². The highest BCUT2D eigenvalue weighted by Crippen LogP contribution is 2.42. The van der Waals surface area contributed by atoms with E-state index in [0.29, 0.717) is 19.1 Å². The maximum atomic E-state index is 12.9. The second-order valence-electron chi connectivity index (χ2n) is 7.56. The highest BCUT2D eigenvalue weighted by atomic mass is 16.6. The Bertz CT molecular complexity index is 839. The minimum Gasteiger partial charge on any atom is -0.486 e. The van der Waals surface area contributed by atoms with Crippen molar-refractivity contribution in [2.24, 2.45) is 0 Å². The van der Waals surface area contributed by atoms with Crippen LogP contribution in [0.15, 0.2) is 48.5 Å². The number of hydrogen-bond acceptors (Lipinski definition) is 3. The van der Waals surface area contributed by atoms with Crippen molar-refractivity contribution in [2.75, 3.05) is 19.8 Å². The first-order chi connectivity index (χ1) is 13.3. The van der Waals surface area contributed by atoms with Crippen LogP contribution in [0.1, 0.15) is 42.3 Å². The standard InChI is InChI=1S/C22H24N2O3/c25-22(23-18-14-17(18)15-5-2-1-3-6-15)24-10-4-7-19(24)16-8-9-20-21(13-16)27-12-11-26-20/h1-3,5-6,8-9,13,17-19H,4,7,10-12,14H2,(H,23,25). The van der Waals surface area contributed by atoms with E-state index in [0.717, 1.165) is 42.9 Å². The molecule has 5 nitrogen and oxygen atoms in total. The van der Waals surface area contributed by atoms with Crippen molar-refractivity contribution < 1.29 is 14.3 Å². The zero-order valence-corrected chi connectivity index (χ0v) is 15.3. The van der Waals surface area contributed by atoms with Gasteiger partial charge in [-0.3, -0.25) is 0 Å². The zero-order valence-electron chi connectivity index (χ0n) is 15.3. The van der Waals surface area contributed by atoms with Crippen LogP contribution in [-0.2, 0) is 0 Å². The second kappa shape index (κ2) is 6.80. The maximum Gasteiger partial charge on any atom is 0.318 e. The van der Waals surface area contributed by atoms with Gasteiger partial charge < -0.3 is 19.7 Å². The molecular formula is C22H24N2O3. The molecule has 3 atom stereocenters. The van der Waals surface area contributed by atoms with Crippen molar-refractivity contribution in [3.8, 4) is 11.5 Å². The topological polar surface area (TPSA) is 50.8 Å². The zero-order chi connectivity index (χ0) is 18.2. The van der Waals surface area contributed by atoms with E-state index in [1.165, 1.54) is 5.56 Å². The normalized spacial score (nSPS) is 25.9. The Morgan fingerprint density at radius 3 is 2.67 bits per heavy atom. The third-order valence-corrected chi connectivity index (χ3v) is 5.79. The number of benzene rings is 2. The number of nitrogens with one attached hydrogen (secondary N) is 1. The van der Waals surface area contributed by atoms with E-state index in [1.807, 2.05) is 23.1 Å². The van der Waals surface area contributed by atoms with Crippen LogP contribution in [0.4, 0.5) is 4.79 Å². The summed E-state index contributed by atoms with van der Waals surface area (Å²) in [7, 11) is 0. The SMILES string of the molecule is O=C(NC1CC1c1ccccc1)N1CCCC1c1ccc2c(c1)OCCO2. The molecule has 5 rings (SSSR count). The van der Waals surface area contributed by atoms with Gasteiger partial charge in [0.1, 0.15) is 13.2 Å². The van der Waals surface area contributed by atoms with E-state index >= 15 is 0 Å². The molecule has 1 aliphatic carbocycles. The van der Waals surface area contributed by atoms with Gasteiger partial charge in [-0.15, -0.1) is 0 Å². The highest BCUT2D eigenvalue weighted by molar-refractivity contribution is 5.76. The van der Waals surface area contributed by atoms with E-state index in [4.69, 9.17) is 9.47 Å². The minimum absolute atomic E-state index is 0.0517. The molecule has 1 saturated heterocycles. The molecule has 2 heterocycles. The fraction of sp³-hybridized carbons (Fsp3) is 0.409. The molecule has 2 aromatic rings. The molecule has 3 aliphatic rings. The molecule has 0 bridgehead atoms. The summed E-state index contributed by atoms with van der Waals surface area (Å²) in [6.07, 6.45) is 3.04. The number of rotatable bonds is 3. The lowest BCUT2D eigenvalue weighted by molar-refractivity contribution is 0.170. The average molecular weight is 364 g/mol. The number of carbonyl (C=O) groups excluding carboxylic acids is 1. The van der Waals surface area contributed by atoms with E-state index < -0.39 is 0 Å². The molecule has 2 amide bonds. The molecule has 0 spiro atoms. The summed E-state index contributed by atoms with van der Waals surface area (Å²) >= 11 is 0. The summed E-state index contributed by atoms with van der Waals surface area (Å²) in [6.45, 7) is 1.97. The van der Waals surface area contributed by atoms with Gasteiger partial charge in [-0.25, -0.2) is 4.79 Å². The predicted octanol–water partition coefficient (Wildman–Crippen LogP) is 3.86. The highest BCUT2D eigenvalue weighted by Gasteiger charge is 2.41. The van der Waals surface area contributed by atoms with E-state index in [9.17, 15) is 4.79 Å². The fourth-order valence-corrected chi connectivity index (χ4v) is 4.29. The molecule has 3 unspecified atom stereocenters. The van der Waals surface area contributed by atoms with E-state index in [1.54, 1.807) is 0 Å². The lowest BCUT2D eigenvalue weighted by atomic mass is 10.0. The summed E-state index contributed by atoms with van der Waals surface area (Å²) in [5, 5.41) is 3.24. The van der Waals surface area contributed by atoms with Crippen molar-refractivity contribution in [1.29, 1.82) is 0 Å². The summed E-state index contributed by atoms with van der Waals surface area (Å²) in [4.78, 5) is 14.9. The van der Waals surface area contributed by atoms with Gasteiger partial charge in [-0.1, -0.05) is 36.4 Å². The van der Waals surface area contributed by atoms with Gasteiger partial charge in [0.2, 0.25) is 0 Å². The first-order valence-electron chi connectivity index (χ1n) is 9.81. The Morgan fingerprint density at radius 2 is 1.81 bits per heavy atom. The van der Waals surface area contributed by atoms with Crippen LogP contribution in [0.25, 0.3) is 0 Å². The largest absolute Gasteiger partial charge is 0.486 e. The quantitative estimate of drug-likeness (QED) is 0.900. The Labute approximate surface area is 159 Å². The number of carbonyl (C=O) groups is 1. The molecule has 2 aliphatic heterocycles. The van der Waals surface area contributed by atoms with Gasteiger partial charge in [-0.2, -0.15) is 0 Å². The van der Waals surface area contributed by atoms with Gasteiger partial charge in [0.05, 0.1) is 6.04 Å². The number of hydrogen-bond donors (Lipinski definition) is 1. The number of fused-ring (bicyclic) bond motifs is 1. The molecule has 2 aromatic carbocycles. The maximum absolute atomic E-state index is 12.9. The van der Waals surface area contributed by atoms with Crippen molar-refractivity contribution in [3.05, 3.63) is 59.7 Å². The van der Waals surface area contributed by atoms with Crippen LogP contribution in [0.3, 0.4) is 0 Å². The minimum atomic E-state index is 0.0517.